The molecular weight excluding hydrogens is 342 g/mol. The summed E-state index contributed by atoms with van der Waals surface area (Å²) in [5.41, 5.74) is 3.61. The third-order valence-electron chi connectivity index (χ3n) is 3.65. The van der Waals surface area contributed by atoms with E-state index in [0.717, 1.165) is 16.7 Å². The van der Waals surface area contributed by atoms with Crippen molar-refractivity contribution in [2.45, 2.75) is 20.8 Å². The Morgan fingerprint density at radius 1 is 1.08 bits per heavy atom. The Labute approximate surface area is 151 Å². The van der Waals surface area contributed by atoms with Crippen molar-refractivity contribution in [3.05, 3.63) is 57.6 Å². The first-order chi connectivity index (χ1) is 11.8. The maximum absolute atomic E-state index is 12.3. The van der Waals surface area contributed by atoms with Crippen LogP contribution >= 0.6 is 11.6 Å². The summed E-state index contributed by atoms with van der Waals surface area (Å²) >= 11 is 5.92. The predicted molar refractivity (Wildman–Crippen MR) is 97.6 cm³/mol. The van der Waals surface area contributed by atoms with Gasteiger partial charge in [0.15, 0.2) is 6.61 Å². The minimum absolute atomic E-state index is 0.402. The van der Waals surface area contributed by atoms with Crippen LogP contribution in [0.25, 0.3) is 0 Å². The van der Waals surface area contributed by atoms with Crippen LogP contribution in [0.4, 0.5) is 5.69 Å². The Kier molecular flexibility index (Phi) is 6.04. The second kappa shape index (κ2) is 8.03. The molecule has 2 aromatic carbocycles. The lowest BCUT2D eigenvalue weighted by Crippen LogP contribution is -2.22. The molecule has 0 heterocycles. The zero-order chi connectivity index (χ0) is 18.6. The van der Waals surface area contributed by atoms with Crippen LogP contribution in [0.5, 0.6) is 5.75 Å². The van der Waals surface area contributed by atoms with Gasteiger partial charge in [0.05, 0.1) is 18.4 Å². The Hall–Kier alpha value is -2.53. The van der Waals surface area contributed by atoms with E-state index in [1.54, 1.807) is 18.2 Å². The van der Waals surface area contributed by atoms with Crippen molar-refractivity contribution in [2.75, 3.05) is 19.0 Å². The van der Waals surface area contributed by atoms with Crippen LogP contribution in [0.3, 0.4) is 0 Å². The molecule has 5 nitrogen and oxygen atoms in total. The molecule has 6 heteroatoms. The minimum Gasteiger partial charge on any atom is -0.495 e. The molecule has 1 amide bonds. The van der Waals surface area contributed by atoms with E-state index in [2.05, 4.69) is 5.32 Å². The fraction of sp³-hybridized carbons (Fsp3) is 0.263. The molecule has 25 heavy (non-hydrogen) atoms. The van der Waals surface area contributed by atoms with Crippen LogP contribution in [0.2, 0.25) is 5.02 Å². The van der Waals surface area contributed by atoms with E-state index in [1.165, 1.54) is 7.11 Å². The fourth-order valence-electron chi connectivity index (χ4n) is 2.67. The summed E-state index contributed by atoms with van der Waals surface area (Å²) in [4.78, 5) is 24.3. The van der Waals surface area contributed by atoms with Crippen LogP contribution in [-0.4, -0.2) is 25.6 Å². The maximum Gasteiger partial charge on any atom is 0.339 e. The van der Waals surface area contributed by atoms with Gasteiger partial charge in [-0.25, -0.2) is 4.79 Å². The molecule has 0 atom stereocenters. The highest BCUT2D eigenvalue weighted by molar-refractivity contribution is 6.31. The van der Waals surface area contributed by atoms with Crippen molar-refractivity contribution in [3.8, 4) is 5.75 Å². The quantitative estimate of drug-likeness (QED) is 0.815. The summed E-state index contributed by atoms with van der Waals surface area (Å²) in [6.07, 6.45) is 0. The van der Waals surface area contributed by atoms with Gasteiger partial charge in [0.25, 0.3) is 5.91 Å². The monoisotopic (exact) mass is 361 g/mol. The summed E-state index contributed by atoms with van der Waals surface area (Å²) in [5.74, 6) is -0.533. The fourth-order valence-corrected chi connectivity index (χ4v) is 2.84. The average Bonchev–Trinajstić information content (AvgIpc) is 2.52. The summed E-state index contributed by atoms with van der Waals surface area (Å²) in [5, 5.41) is 3.08. The Morgan fingerprint density at radius 2 is 1.72 bits per heavy atom. The number of nitrogens with one attached hydrogen (secondary N) is 1. The van der Waals surface area contributed by atoms with E-state index in [-0.39, 0.29) is 0 Å². The minimum atomic E-state index is -0.525. The van der Waals surface area contributed by atoms with Gasteiger partial charge in [-0.3, -0.25) is 4.79 Å². The van der Waals surface area contributed by atoms with Crippen LogP contribution in [0.15, 0.2) is 30.3 Å². The topological polar surface area (TPSA) is 64.6 Å². The Bertz CT molecular complexity index is 794. The van der Waals surface area contributed by atoms with Crippen LogP contribution < -0.4 is 10.1 Å². The Morgan fingerprint density at radius 3 is 2.32 bits per heavy atom. The van der Waals surface area contributed by atoms with Crippen molar-refractivity contribution >= 4 is 29.2 Å². The molecule has 2 rings (SSSR count). The number of hydrogen-bond acceptors (Lipinski definition) is 4. The van der Waals surface area contributed by atoms with Crippen molar-refractivity contribution < 1.29 is 19.1 Å². The smallest absolute Gasteiger partial charge is 0.339 e. The maximum atomic E-state index is 12.3. The van der Waals surface area contributed by atoms with E-state index in [0.29, 0.717) is 22.0 Å². The molecule has 0 radical (unpaired) electrons. The molecule has 2 aromatic rings. The van der Waals surface area contributed by atoms with E-state index < -0.39 is 18.5 Å². The van der Waals surface area contributed by atoms with Gasteiger partial charge in [0.1, 0.15) is 5.75 Å². The number of amides is 1. The van der Waals surface area contributed by atoms with Gasteiger partial charge >= 0.3 is 5.97 Å². The van der Waals surface area contributed by atoms with Gasteiger partial charge in [-0.2, -0.15) is 0 Å². The second-order valence-electron chi connectivity index (χ2n) is 5.74. The number of benzene rings is 2. The zero-order valence-electron chi connectivity index (χ0n) is 14.6. The van der Waals surface area contributed by atoms with Gasteiger partial charge in [0, 0.05) is 5.02 Å². The average molecular weight is 362 g/mol. The van der Waals surface area contributed by atoms with Crippen molar-refractivity contribution in [2.24, 2.45) is 0 Å². The molecule has 0 aliphatic carbocycles. The van der Waals surface area contributed by atoms with Crippen LogP contribution in [0, 0.1) is 20.8 Å². The first-order valence-corrected chi connectivity index (χ1v) is 8.08. The number of carbonyl (C=O) groups is 2. The van der Waals surface area contributed by atoms with E-state index in [4.69, 9.17) is 21.1 Å². The third-order valence-corrected chi connectivity index (χ3v) is 3.89. The molecule has 0 saturated carbocycles. The molecule has 0 aliphatic heterocycles. The molecule has 0 spiro atoms. The number of halogens is 1. The number of methoxy groups -OCH3 is 1. The molecular formula is C19H20ClNO4. The van der Waals surface area contributed by atoms with Crippen molar-refractivity contribution in [1.82, 2.24) is 0 Å². The Balaban J connectivity index is 2.03. The largest absolute Gasteiger partial charge is 0.495 e. The highest BCUT2D eigenvalue weighted by Crippen LogP contribution is 2.27. The summed E-state index contributed by atoms with van der Waals surface area (Å²) in [6.45, 7) is 5.24. The van der Waals surface area contributed by atoms with Crippen molar-refractivity contribution in [1.29, 1.82) is 0 Å². The molecule has 0 saturated heterocycles. The molecule has 1 N–H and O–H groups in total. The molecule has 0 aromatic heterocycles. The van der Waals surface area contributed by atoms with Crippen molar-refractivity contribution in [3.63, 3.8) is 0 Å². The highest BCUT2D eigenvalue weighted by Gasteiger charge is 2.16. The predicted octanol–water partition coefficient (Wildman–Crippen LogP) is 4.07. The lowest BCUT2D eigenvalue weighted by atomic mass is 10.00. The van der Waals surface area contributed by atoms with E-state index >= 15 is 0 Å². The van der Waals surface area contributed by atoms with Gasteiger partial charge in [-0.05, 0) is 50.1 Å². The lowest BCUT2D eigenvalue weighted by molar-refractivity contribution is -0.119. The normalized spacial score (nSPS) is 10.3. The number of esters is 1. The number of hydrogen-bond donors (Lipinski definition) is 1. The second-order valence-corrected chi connectivity index (χ2v) is 6.18. The molecule has 132 valence electrons. The summed E-state index contributed by atoms with van der Waals surface area (Å²) < 4.78 is 10.3. The number of ether oxygens (including phenoxy) is 2. The standard InChI is InChI=1S/C19H20ClNO4/c1-11-7-12(2)18(13(3)8-11)19(23)25-10-17(22)21-15-9-14(20)5-6-16(15)24-4/h5-9H,10H2,1-4H3,(H,21,22). The summed E-state index contributed by atoms with van der Waals surface area (Å²) in [6, 6.07) is 8.66. The van der Waals surface area contributed by atoms with E-state index in [9.17, 15) is 9.59 Å². The molecule has 0 bridgehead atoms. The van der Waals surface area contributed by atoms with Crippen LogP contribution in [0.1, 0.15) is 27.0 Å². The van der Waals surface area contributed by atoms with Gasteiger partial charge in [0.2, 0.25) is 0 Å². The number of carbonyl (C=O) groups excluding carboxylic acids is 2. The zero-order valence-corrected chi connectivity index (χ0v) is 15.4. The molecule has 0 unspecified atom stereocenters. The summed E-state index contributed by atoms with van der Waals surface area (Å²) in [7, 11) is 1.49. The molecule has 0 fully saturated rings. The number of aryl methyl sites for hydroxylation is 3. The van der Waals surface area contributed by atoms with E-state index in [1.807, 2.05) is 32.9 Å². The first kappa shape index (κ1) is 18.8. The number of anilines is 1. The third kappa shape index (κ3) is 4.73. The van der Waals surface area contributed by atoms with Crippen LogP contribution in [-0.2, 0) is 9.53 Å². The van der Waals surface area contributed by atoms with Gasteiger partial charge in [-0.15, -0.1) is 0 Å². The first-order valence-electron chi connectivity index (χ1n) is 7.70. The molecule has 0 aliphatic rings. The highest BCUT2D eigenvalue weighted by atomic mass is 35.5. The van der Waals surface area contributed by atoms with Gasteiger partial charge < -0.3 is 14.8 Å². The van der Waals surface area contributed by atoms with Gasteiger partial charge in [-0.1, -0.05) is 29.3 Å². The number of rotatable bonds is 5. The lowest BCUT2D eigenvalue weighted by Gasteiger charge is -2.12. The SMILES string of the molecule is COc1ccc(Cl)cc1NC(=O)COC(=O)c1c(C)cc(C)cc1C.